The number of nitrogens with one attached hydrogen (secondary N) is 1. The van der Waals surface area contributed by atoms with Crippen molar-refractivity contribution < 1.29 is 22.4 Å². The van der Waals surface area contributed by atoms with Gasteiger partial charge in [0.2, 0.25) is 15.9 Å². The third kappa shape index (κ3) is 5.39. The number of hydrogen-bond donors (Lipinski definition) is 2. The number of sulfonamides is 1. The Morgan fingerprint density at radius 3 is 2.31 bits per heavy atom. The average molecular weight is 421 g/mol. The quantitative estimate of drug-likeness (QED) is 0.681. The maximum absolute atomic E-state index is 13.5. The van der Waals surface area contributed by atoms with E-state index in [1.807, 2.05) is 6.92 Å². The number of amides is 2. The molecule has 7 nitrogen and oxygen atoms in total. The number of carbonyl (C=O) groups excluding carboxylic acids is 2. The van der Waals surface area contributed by atoms with Crippen molar-refractivity contribution >= 4 is 21.8 Å². The van der Waals surface area contributed by atoms with Gasteiger partial charge in [-0.3, -0.25) is 9.59 Å². The first-order valence-electron chi connectivity index (χ1n) is 9.01. The van der Waals surface area contributed by atoms with Crippen molar-refractivity contribution in [3.05, 3.63) is 65.5 Å². The summed E-state index contributed by atoms with van der Waals surface area (Å²) in [7, 11) is -2.33. The largest absolute Gasteiger partial charge is 0.368 e. The maximum atomic E-state index is 13.5. The number of likely N-dealkylation sites (N-methyl/N-ethyl adjacent to an activating group) is 1. The SMILES string of the molecule is CCC(C)NS(=O)(=O)c1ccc(C(=O)N(C)C(C(N)=O)c2cccc(F)c2)cc1. The van der Waals surface area contributed by atoms with Crippen LogP contribution in [0, 0.1) is 5.82 Å². The Kier molecular flexibility index (Phi) is 7.10. The molecule has 0 aliphatic carbocycles. The number of carbonyl (C=O) groups is 2. The van der Waals surface area contributed by atoms with Crippen LogP contribution in [-0.2, 0) is 14.8 Å². The topological polar surface area (TPSA) is 110 Å². The van der Waals surface area contributed by atoms with Gasteiger partial charge < -0.3 is 10.6 Å². The Morgan fingerprint density at radius 1 is 1.17 bits per heavy atom. The molecule has 9 heteroatoms. The van der Waals surface area contributed by atoms with Crippen LogP contribution >= 0.6 is 0 Å². The van der Waals surface area contributed by atoms with Crippen LogP contribution in [0.15, 0.2) is 53.4 Å². The van der Waals surface area contributed by atoms with Gasteiger partial charge in [-0.05, 0) is 55.3 Å². The van der Waals surface area contributed by atoms with Gasteiger partial charge in [0.05, 0.1) is 4.90 Å². The van der Waals surface area contributed by atoms with Crippen molar-refractivity contribution in [1.29, 1.82) is 0 Å². The molecule has 3 N–H and O–H groups in total. The number of benzene rings is 2. The van der Waals surface area contributed by atoms with Gasteiger partial charge in [-0.25, -0.2) is 17.5 Å². The second-order valence-corrected chi connectivity index (χ2v) is 8.44. The van der Waals surface area contributed by atoms with Crippen molar-refractivity contribution in [3.8, 4) is 0 Å². The molecule has 2 aromatic carbocycles. The van der Waals surface area contributed by atoms with E-state index in [4.69, 9.17) is 5.73 Å². The summed E-state index contributed by atoms with van der Waals surface area (Å²) in [6.07, 6.45) is 0.634. The third-order valence-electron chi connectivity index (χ3n) is 4.52. The van der Waals surface area contributed by atoms with Crippen LogP contribution in [0.5, 0.6) is 0 Å². The lowest BCUT2D eigenvalue weighted by Gasteiger charge is -2.26. The molecule has 0 aromatic heterocycles. The maximum Gasteiger partial charge on any atom is 0.254 e. The van der Waals surface area contributed by atoms with Crippen LogP contribution in [-0.4, -0.2) is 38.2 Å². The lowest BCUT2D eigenvalue weighted by Crippen LogP contribution is -2.39. The van der Waals surface area contributed by atoms with E-state index >= 15 is 0 Å². The Labute approximate surface area is 169 Å². The standard InChI is InChI=1S/C20H24FN3O4S/c1-4-13(2)23-29(27,28)17-10-8-14(9-11-17)20(26)24(3)18(19(22)25)15-6-5-7-16(21)12-15/h5-13,18,23H,4H2,1-3H3,(H2,22,25). The van der Waals surface area contributed by atoms with Crippen molar-refractivity contribution in [1.82, 2.24) is 9.62 Å². The first kappa shape index (κ1) is 22.5. The predicted molar refractivity (Wildman–Crippen MR) is 107 cm³/mol. The molecule has 0 saturated heterocycles. The molecule has 2 amide bonds. The number of rotatable bonds is 8. The molecule has 0 radical (unpaired) electrons. The molecule has 2 aromatic rings. The van der Waals surface area contributed by atoms with Crippen LogP contribution < -0.4 is 10.5 Å². The monoisotopic (exact) mass is 421 g/mol. The third-order valence-corrected chi connectivity index (χ3v) is 6.13. The Bertz CT molecular complexity index is 993. The van der Waals surface area contributed by atoms with Gasteiger partial charge >= 0.3 is 0 Å². The molecule has 29 heavy (non-hydrogen) atoms. The minimum atomic E-state index is -3.70. The fraction of sp³-hybridized carbons (Fsp3) is 0.300. The van der Waals surface area contributed by atoms with Gasteiger partial charge in [-0.2, -0.15) is 0 Å². The molecule has 2 rings (SSSR count). The summed E-state index contributed by atoms with van der Waals surface area (Å²) in [4.78, 5) is 25.8. The summed E-state index contributed by atoms with van der Waals surface area (Å²) in [5.41, 5.74) is 5.84. The number of hydrogen-bond acceptors (Lipinski definition) is 4. The van der Waals surface area contributed by atoms with E-state index in [1.54, 1.807) is 6.92 Å². The molecular weight excluding hydrogens is 397 g/mol. The zero-order chi connectivity index (χ0) is 21.8. The Hall–Kier alpha value is -2.78. The summed E-state index contributed by atoms with van der Waals surface area (Å²) < 4.78 is 40.7. The van der Waals surface area contributed by atoms with Gasteiger partial charge in [0.15, 0.2) is 0 Å². The fourth-order valence-electron chi connectivity index (χ4n) is 2.77. The molecule has 0 aliphatic heterocycles. The zero-order valence-corrected chi connectivity index (χ0v) is 17.2. The smallest absolute Gasteiger partial charge is 0.254 e. The molecule has 0 saturated carbocycles. The number of halogens is 1. The van der Waals surface area contributed by atoms with Crippen LogP contribution in [0.2, 0.25) is 0 Å². The number of nitrogens with two attached hydrogens (primary N) is 1. The molecule has 0 aliphatic rings. The number of primary amides is 1. The van der Waals surface area contributed by atoms with E-state index in [0.717, 1.165) is 11.0 Å². The van der Waals surface area contributed by atoms with E-state index in [1.165, 1.54) is 49.5 Å². The van der Waals surface area contributed by atoms with Crippen molar-refractivity contribution in [2.24, 2.45) is 5.73 Å². The van der Waals surface area contributed by atoms with Crippen LogP contribution in [0.25, 0.3) is 0 Å². The van der Waals surface area contributed by atoms with Gasteiger partial charge in [0, 0.05) is 18.7 Å². The first-order chi connectivity index (χ1) is 13.6. The summed E-state index contributed by atoms with van der Waals surface area (Å²) >= 11 is 0. The van der Waals surface area contributed by atoms with Crippen LogP contribution in [0.4, 0.5) is 4.39 Å². The van der Waals surface area contributed by atoms with Crippen molar-refractivity contribution in [2.45, 2.75) is 37.2 Å². The second kappa shape index (κ2) is 9.15. The molecule has 0 fully saturated rings. The highest BCUT2D eigenvalue weighted by Crippen LogP contribution is 2.22. The van der Waals surface area contributed by atoms with Crippen molar-refractivity contribution in [2.75, 3.05) is 7.05 Å². The number of nitrogens with zero attached hydrogens (tertiary/aromatic N) is 1. The summed E-state index contributed by atoms with van der Waals surface area (Å²) in [5, 5.41) is 0. The van der Waals surface area contributed by atoms with Crippen molar-refractivity contribution in [3.63, 3.8) is 0 Å². The zero-order valence-electron chi connectivity index (χ0n) is 16.4. The molecule has 0 heterocycles. The van der Waals surface area contributed by atoms with E-state index < -0.39 is 33.7 Å². The lowest BCUT2D eigenvalue weighted by atomic mass is 10.0. The molecule has 156 valence electrons. The Morgan fingerprint density at radius 2 is 1.79 bits per heavy atom. The lowest BCUT2D eigenvalue weighted by molar-refractivity contribution is -0.122. The van der Waals surface area contributed by atoms with Gasteiger partial charge in [0.25, 0.3) is 5.91 Å². The minimum Gasteiger partial charge on any atom is -0.368 e. The average Bonchev–Trinajstić information content (AvgIpc) is 2.67. The Balaban J connectivity index is 2.28. The van der Waals surface area contributed by atoms with Crippen LogP contribution in [0.3, 0.4) is 0 Å². The normalized spacial score (nSPS) is 13.5. The van der Waals surface area contributed by atoms with Gasteiger partial charge in [-0.1, -0.05) is 19.1 Å². The van der Waals surface area contributed by atoms with E-state index in [-0.39, 0.29) is 22.1 Å². The second-order valence-electron chi connectivity index (χ2n) is 6.73. The molecule has 0 bridgehead atoms. The van der Waals surface area contributed by atoms with Gasteiger partial charge in [0.1, 0.15) is 11.9 Å². The summed E-state index contributed by atoms with van der Waals surface area (Å²) in [6.45, 7) is 3.61. The molecular formula is C20H24FN3O4S. The molecule has 0 spiro atoms. The highest BCUT2D eigenvalue weighted by molar-refractivity contribution is 7.89. The van der Waals surface area contributed by atoms with E-state index in [0.29, 0.717) is 6.42 Å². The minimum absolute atomic E-state index is 0.0218. The molecule has 2 unspecified atom stereocenters. The predicted octanol–water partition coefficient (Wildman–Crippen LogP) is 2.20. The van der Waals surface area contributed by atoms with E-state index in [2.05, 4.69) is 4.72 Å². The first-order valence-corrected chi connectivity index (χ1v) is 10.5. The fourth-order valence-corrected chi connectivity index (χ4v) is 4.10. The molecule has 2 atom stereocenters. The van der Waals surface area contributed by atoms with Gasteiger partial charge in [-0.15, -0.1) is 0 Å². The highest BCUT2D eigenvalue weighted by atomic mass is 32.2. The van der Waals surface area contributed by atoms with Crippen LogP contribution in [0.1, 0.15) is 42.2 Å². The van der Waals surface area contributed by atoms with E-state index in [9.17, 15) is 22.4 Å². The highest BCUT2D eigenvalue weighted by Gasteiger charge is 2.28. The summed E-state index contributed by atoms with van der Waals surface area (Å²) in [5.74, 6) is -1.93. The summed E-state index contributed by atoms with van der Waals surface area (Å²) in [6, 6.07) is 9.21.